The number of aromatic nitrogens is 1. The largest absolute Gasteiger partial charge is 0.494 e. The molecule has 8 nitrogen and oxygen atoms in total. The molecule has 0 radical (unpaired) electrons. The molecule has 1 saturated carbocycles. The zero-order valence-electron chi connectivity index (χ0n) is 18.6. The van der Waals surface area contributed by atoms with Gasteiger partial charge < -0.3 is 24.0 Å². The van der Waals surface area contributed by atoms with E-state index in [2.05, 4.69) is 16.3 Å². The van der Waals surface area contributed by atoms with Crippen molar-refractivity contribution in [3.8, 4) is 5.75 Å². The minimum absolute atomic E-state index is 0.110. The number of carbonyl (C=O) groups is 1. The predicted molar refractivity (Wildman–Crippen MR) is 124 cm³/mol. The number of carbonyl (C=O) groups excluding carboxylic acids is 1. The summed E-state index contributed by atoms with van der Waals surface area (Å²) in [5.41, 5.74) is 1.90. The third-order valence-corrected chi connectivity index (χ3v) is 7.35. The molecule has 1 N–H and O–H groups in total. The average Bonchev–Trinajstić information content (AvgIpc) is 3.22. The van der Waals surface area contributed by atoms with E-state index in [1.807, 2.05) is 18.0 Å². The average molecular weight is 449 g/mol. The first-order valence-corrected chi connectivity index (χ1v) is 11.7. The first-order valence-electron chi connectivity index (χ1n) is 10.9. The van der Waals surface area contributed by atoms with Gasteiger partial charge in [0.2, 0.25) is 0 Å². The number of ether oxygens (including phenoxy) is 3. The van der Waals surface area contributed by atoms with Gasteiger partial charge in [0.1, 0.15) is 11.3 Å². The Morgan fingerprint density at radius 3 is 2.68 bits per heavy atom. The van der Waals surface area contributed by atoms with Crippen molar-refractivity contribution in [2.75, 3.05) is 64.4 Å². The lowest BCUT2D eigenvalue weighted by molar-refractivity contribution is 0.108. The molecular formula is C22H32N4O4S. The standard InChI is InChI=1S/C22H32N4O4S/c1-25(16-6-4-15(5-7-16)14-28-2)22(27)24-21-23-19-18(29-3)9-8-17(20(19)31-21)26-10-12-30-13-11-26/h8-9,15-16H,4-7,10-14H2,1-3H3,(H,23,24,27)/t15-,16-. The summed E-state index contributed by atoms with van der Waals surface area (Å²) in [5, 5.41) is 3.61. The molecule has 0 unspecified atom stereocenters. The quantitative estimate of drug-likeness (QED) is 0.724. The second kappa shape index (κ2) is 10.0. The monoisotopic (exact) mass is 448 g/mol. The molecule has 1 saturated heterocycles. The lowest BCUT2D eigenvalue weighted by atomic mass is 9.86. The molecule has 9 heteroatoms. The molecule has 1 aromatic heterocycles. The lowest BCUT2D eigenvalue weighted by Crippen LogP contribution is -2.42. The number of rotatable bonds is 6. The number of hydrogen-bond donors (Lipinski definition) is 1. The van der Waals surface area contributed by atoms with Gasteiger partial charge in [-0.1, -0.05) is 11.3 Å². The smallest absolute Gasteiger partial charge is 0.323 e. The zero-order chi connectivity index (χ0) is 21.8. The molecular weight excluding hydrogens is 416 g/mol. The van der Waals surface area contributed by atoms with Gasteiger partial charge in [-0.2, -0.15) is 0 Å². The summed E-state index contributed by atoms with van der Waals surface area (Å²) in [6, 6.07) is 4.16. The maximum atomic E-state index is 12.9. The molecule has 0 atom stereocenters. The van der Waals surface area contributed by atoms with E-state index in [1.54, 1.807) is 14.2 Å². The number of nitrogens with one attached hydrogen (secondary N) is 1. The first kappa shape index (κ1) is 22.1. The molecule has 31 heavy (non-hydrogen) atoms. The molecule has 2 aromatic rings. The molecule has 1 aromatic carbocycles. The van der Waals surface area contributed by atoms with E-state index in [4.69, 9.17) is 19.2 Å². The first-order chi connectivity index (χ1) is 15.1. The Kier molecular flexibility index (Phi) is 7.14. The summed E-state index contributed by atoms with van der Waals surface area (Å²) >= 11 is 1.50. The number of methoxy groups -OCH3 is 2. The SMILES string of the molecule is COC[C@H]1CC[C@H](N(C)C(=O)Nc2nc3c(OC)ccc(N4CCOCC4)c3s2)CC1. The molecule has 2 aliphatic rings. The van der Waals surface area contributed by atoms with Gasteiger partial charge in [-0.3, -0.25) is 5.32 Å². The summed E-state index contributed by atoms with van der Waals surface area (Å²) in [6.45, 7) is 3.92. The van der Waals surface area contributed by atoms with Gasteiger partial charge in [-0.25, -0.2) is 9.78 Å². The van der Waals surface area contributed by atoms with Crippen LogP contribution in [0.1, 0.15) is 25.7 Å². The van der Waals surface area contributed by atoms with Crippen molar-refractivity contribution < 1.29 is 19.0 Å². The number of benzene rings is 1. The van der Waals surface area contributed by atoms with Crippen LogP contribution >= 0.6 is 11.3 Å². The molecule has 1 aliphatic carbocycles. The van der Waals surface area contributed by atoms with Crippen molar-refractivity contribution >= 4 is 38.4 Å². The van der Waals surface area contributed by atoms with Crippen molar-refractivity contribution in [3.63, 3.8) is 0 Å². The summed E-state index contributed by atoms with van der Waals surface area (Å²) in [5.74, 6) is 1.32. The number of morpholine rings is 1. The van der Waals surface area contributed by atoms with Crippen LogP contribution in [0.5, 0.6) is 5.75 Å². The van der Waals surface area contributed by atoms with Crippen LogP contribution in [0.15, 0.2) is 12.1 Å². The van der Waals surface area contributed by atoms with Crippen LogP contribution in [0, 0.1) is 5.92 Å². The Morgan fingerprint density at radius 2 is 2.00 bits per heavy atom. The van der Waals surface area contributed by atoms with E-state index in [-0.39, 0.29) is 12.1 Å². The number of nitrogens with zero attached hydrogens (tertiary/aromatic N) is 3. The summed E-state index contributed by atoms with van der Waals surface area (Å²) < 4.78 is 17.3. The van der Waals surface area contributed by atoms with Crippen molar-refractivity contribution in [1.82, 2.24) is 9.88 Å². The Balaban J connectivity index is 1.48. The number of anilines is 2. The third-order valence-electron chi connectivity index (χ3n) is 6.36. The minimum atomic E-state index is -0.110. The predicted octanol–water partition coefficient (Wildman–Crippen LogP) is 3.81. The Hall–Kier alpha value is -2.10. The number of fused-ring (bicyclic) bond motifs is 1. The van der Waals surface area contributed by atoms with Gasteiger partial charge in [0, 0.05) is 39.9 Å². The second-order valence-corrected chi connectivity index (χ2v) is 9.25. The number of amides is 2. The third kappa shape index (κ3) is 4.88. The van der Waals surface area contributed by atoms with Crippen LogP contribution < -0.4 is 15.0 Å². The normalized spacial score (nSPS) is 21.8. The fourth-order valence-corrected chi connectivity index (χ4v) is 5.53. The molecule has 1 aliphatic heterocycles. The Bertz CT molecular complexity index is 891. The molecule has 0 spiro atoms. The van der Waals surface area contributed by atoms with Crippen LogP contribution in [0.4, 0.5) is 15.6 Å². The summed E-state index contributed by atoms with van der Waals surface area (Å²) in [7, 11) is 5.28. The summed E-state index contributed by atoms with van der Waals surface area (Å²) in [4.78, 5) is 21.8. The highest BCUT2D eigenvalue weighted by atomic mass is 32.1. The van der Waals surface area contributed by atoms with Gasteiger partial charge in [0.15, 0.2) is 5.13 Å². The molecule has 0 bridgehead atoms. The van der Waals surface area contributed by atoms with E-state index in [9.17, 15) is 4.79 Å². The van der Waals surface area contributed by atoms with E-state index in [0.29, 0.717) is 30.0 Å². The molecule has 2 amide bonds. The van der Waals surface area contributed by atoms with Crippen LogP contribution in [-0.2, 0) is 9.47 Å². The molecule has 2 fully saturated rings. The van der Waals surface area contributed by atoms with Crippen molar-refractivity contribution in [3.05, 3.63) is 12.1 Å². The molecule has 170 valence electrons. The van der Waals surface area contributed by atoms with Crippen molar-refractivity contribution in [2.24, 2.45) is 5.92 Å². The highest BCUT2D eigenvalue weighted by Crippen LogP contribution is 2.39. The van der Waals surface area contributed by atoms with Crippen molar-refractivity contribution in [2.45, 2.75) is 31.7 Å². The molecule has 4 rings (SSSR count). The lowest BCUT2D eigenvalue weighted by Gasteiger charge is -2.34. The van der Waals surface area contributed by atoms with Crippen LogP contribution in [0.25, 0.3) is 10.2 Å². The van der Waals surface area contributed by atoms with Gasteiger partial charge in [0.05, 0.1) is 30.7 Å². The number of hydrogen-bond acceptors (Lipinski definition) is 7. The van der Waals surface area contributed by atoms with Crippen LogP contribution in [0.2, 0.25) is 0 Å². The zero-order valence-corrected chi connectivity index (χ0v) is 19.4. The van der Waals surface area contributed by atoms with Crippen LogP contribution in [0.3, 0.4) is 0 Å². The minimum Gasteiger partial charge on any atom is -0.494 e. The fourth-order valence-electron chi connectivity index (χ4n) is 4.52. The maximum absolute atomic E-state index is 12.9. The van der Waals surface area contributed by atoms with E-state index >= 15 is 0 Å². The van der Waals surface area contributed by atoms with Crippen LogP contribution in [-0.4, -0.2) is 76.1 Å². The fraction of sp³-hybridized carbons (Fsp3) is 0.636. The van der Waals surface area contributed by atoms with E-state index < -0.39 is 0 Å². The maximum Gasteiger partial charge on any atom is 0.323 e. The van der Waals surface area contributed by atoms with Crippen molar-refractivity contribution in [1.29, 1.82) is 0 Å². The van der Waals surface area contributed by atoms with E-state index in [0.717, 1.165) is 61.3 Å². The highest BCUT2D eigenvalue weighted by molar-refractivity contribution is 7.23. The van der Waals surface area contributed by atoms with Gasteiger partial charge >= 0.3 is 6.03 Å². The van der Waals surface area contributed by atoms with Gasteiger partial charge in [-0.05, 0) is 43.7 Å². The highest BCUT2D eigenvalue weighted by Gasteiger charge is 2.27. The Labute approximate surface area is 187 Å². The second-order valence-electron chi connectivity index (χ2n) is 8.25. The molecule has 2 heterocycles. The van der Waals surface area contributed by atoms with Gasteiger partial charge in [0.25, 0.3) is 0 Å². The number of urea groups is 1. The topological polar surface area (TPSA) is 76.2 Å². The number of thiazole rings is 1. The summed E-state index contributed by atoms with van der Waals surface area (Å²) in [6.07, 6.45) is 4.20. The Morgan fingerprint density at radius 1 is 1.26 bits per heavy atom. The van der Waals surface area contributed by atoms with Gasteiger partial charge in [-0.15, -0.1) is 0 Å². The van der Waals surface area contributed by atoms with E-state index in [1.165, 1.54) is 11.3 Å².